The molecule has 18 heavy (non-hydrogen) atoms. The summed E-state index contributed by atoms with van der Waals surface area (Å²) in [6.45, 7) is 1.93. The molecule has 0 aliphatic carbocycles. The van der Waals surface area contributed by atoms with Gasteiger partial charge >= 0.3 is 5.97 Å². The largest absolute Gasteiger partial charge is 0.426 e. The Morgan fingerprint density at radius 2 is 2.06 bits per heavy atom. The van der Waals surface area contributed by atoms with Crippen LogP contribution < -0.4 is 4.74 Å². The maximum absolute atomic E-state index is 11.6. The highest BCUT2D eigenvalue weighted by Crippen LogP contribution is 2.26. The Morgan fingerprint density at radius 1 is 1.33 bits per heavy atom. The minimum absolute atomic E-state index is 0.241. The van der Waals surface area contributed by atoms with E-state index in [1.807, 2.05) is 42.6 Å². The lowest BCUT2D eigenvalue weighted by molar-refractivity contribution is -0.133. The third-order valence-electron chi connectivity index (χ3n) is 2.49. The summed E-state index contributed by atoms with van der Waals surface area (Å²) in [7, 11) is 0. The summed E-state index contributed by atoms with van der Waals surface area (Å²) >= 11 is 4.96. The Balaban J connectivity index is 2.06. The van der Waals surface area contributed by atoms with Crippen LogP contribution >= 0.6 is 27.3 Å². The van der Waals surface area contributed by atoms with E-state index in [9.17, 15) is 4.79 Å². The number of benzene rings is 1. The molecule has 0 saturated carbocycles. The molecule has 1 aromatic carbocycles. The Morgan fingerprint density at radius 3 is 2.61 bits per heavy atom. The van der Waals surface area contributed by atoms with E-state index < -0.39 is 0 Å². The Hall–Kier alpha value is -1.13. The maximum atomic E-state index is 11.6. The van der Waals surface area contributed by atoms with Crippen molar-refractivity contribution in [3.8, 4) is 16.2 Å². The van der Waals surface area contributed by atoms with Crippen molar-refractivity contribution in [2.24, 2.45) is 0 Å². The smallest absolute Gasteiger partial charge is 0.325 e. The number of carbonyl (C=O) groups excluding carboxylic acids is 1. The molecule has 0 saturated heterocycles. The van der Waals surface area contributed by atoms with Gasteiger partial charge in [-0.05, 0) is 47.7 Å². The van der Waals surface area contributed by atoms with Gasteiger partial charge in [0, 0.05) is 4.88 Å². The first kappa shape index (κ1) is 13.3. The number of thiophene rings is 1. The molecule has 0 radical (unpaired) electrons. The highest BCUT2D eigenvalue weighted by atomic mass is 79.9. The Labute approximate surface area is 119 Å². The average Bonchev–Trinajstić information content (AvgIpc) is 2.92. The zero-order chi connectivity index (χ0) is 13.0. The average molecular weight is 325 g/mol. The lowest BCUT2D eigenvalue weighted by Crippen LogP contribution is -2.19. The number of halogens is 1. The van der Waals surface area contributed by atoms with E-state index in [0.29, 0.717) is 12.2 Å². The molecule has 0 bridgehead atoms. The fraction of sp³-hybridized carbons (Fsp3) is 0.214. The van der Waals surface area contributed by atoms with E-state index in [1.54, 1.807) is 11.3 Å². The highest BCUT2D eigenvalue weighted by Gasteiger charge is 2.14. The predicted molar refractivity (Wildman–Crippen MR) is 78.4 cm³/mol. The molecular weight excluding hydrogens is 312 g/mol. The lowest BCUT2D eigenvalue weighted by atomic mass is 10.2. The summed E-state index contributed by atoms with van der Waals surface area (Å²) in [4.78, 5) is 12.6. The monoisotopic (exact) mass is 324 g/mol. The number of hydrogen-bond donors (Lipinski definition) is 0. The van der Waals surface area contributed by atoms with Gasteiger partial charge in [0.1, 0.15) is 10.6 Å². The molecule has 4 heteroatoms. The van der Waals surface area contributed by atoms with Gasteiger partial charge in [0.05, 0.1) is 0 Å². The second-order valence-corrected chi connectivity index (χ2v) is 5.85. The van der Waals surface area contributed by atoms with Crippen molar-refractivity contribution in [1.82, 2.24) is 0 Å². The topological polar surface area (TPSA) is 26.3 Å². The number of rotatable bonds is 4. The van der Waals surface area contributed by atoms with E-state index in [2.05, 4.69) is 22.0 Å². The molecule has 2 aromatic rings. The van der Waals surface area contributed by atoms with Crippen LogP contribution in [0.15, 0.2) is 41.8 Å². The van der Waals surface area contributed by atoms with E-state index in [-0.39, 0.29) is 10.8 Å². The molecule has 1 aromatic heterocycles. The van der Waals surface area contributed by atoms with Crippen LogP contribution in [0.1, 0.15) is 13.3 Å². The van der Waals surface area contributed by atoms with Crippen molar-refractivity contribution in [2.75, 3.05) is 0 Å². The van der Waals surface area contributed by atoms with Gasteiger partial charge in [-0.25, -0.2) is 0 Å². The lowest BCUT2D eigenvalue weighted by Gasteiger charge is -2.08. The minimum atomic E-state index is -0.249. The standard InChI is InChI=1S/C14H13BrO2S/c1-2-12(15)14(16)17-11-7-5-10(6-8-11)13-4-3-9-18-13/h3-9,12H,2H2,1H3. The van der Waals surface area contributed by atoms with Gasteiger partial charge in [-0.1, -0.05) is 28.9 Å². The first-order valence-corrected chi connectivity index (χ1v) is 7.50. The van der Waals surface area contributed by atoms with Gasteiger partial charge in [-0.15, -0.1) is 11.3 Å². The first-order chi connectivity index (χ1) is 8.70. The van der Waals surface area contributed by atoms with Crippen molar-refractivity contribution in [1.29, 1.82) is 0 Å². The highest BCUT2D eigenvalue weighted by molar-refractivity contribution is 9.10. The van der Waals surface area contributed by atoms with Crippen LogP contribution in [0.25, 0.3) is 10.4 Å². The van der Waals surface area contributed by atoms with Crippen LogP contribution in [0.3, 0.4) is 0 Å². The molecule has 0 N–H and O–H groups in total. The third kappa shape index (κ3) is 3.21. The summed E-state index contributed by atoms with van der Waals surface area (Å²) in [5, 5.41) is 2.04. The fourth-order valence-electron chi connectivity index (χ4n) is 1.48. The number of hydrogen-bond acceptors (Lipinski definition) is 3. The van der Waals surface area contributed by atoms with Crippen LogP contribution in [0, 0.1) is 0 Å². The van der Waals surface area contributed by atoms with Gasteiger partial charge in [0.15, 0.2) is 0 Å². The molecule has 2 nitrogen and oxygen atoms in total. The minimum Gasteiger partial charge on any atom is -0.426 e. The van der Waals surface area contributed by atoms with Crippen LogP contribution in [0.4, 0.5) is 0 Å². The molecule has 94 valence electrons. The molecule has 1 heterocycles. The van der Waals surface area contributed by atoms with Crippen molar-refractivity contribution >= 4 is 33.2 Å². The second kappa shape index (κ2) is 6.16. The number of alkyl halides is 1. The van der Waals surface area contributed by atoms with Crippen molar-refractivity contribution in [2.45, 2.75) is 18.2 Å². The van der Waals surface area contributed by atoms with Crippen LogP contribution in [-0.4, -0.2) is 10.8 Å². The summed E-state index contributed by atoms with van der Waals surface area (Å²) < 4.78 is 5.26. The van der Waals surface area contributed by atoms with Gasteiger partial charge in [0.2, 0.25) is 0 Å². The van der Waals surface area contributed by atoms with Crippen LogP contribution in [0.5, 0.6) is 5.75 Å². The predicted octanol–water partition coefficient (Wildman–Crippen LogP) is 4.49. The molecule has 0 amide bonds. The molecule has 0 aliphatic heterocycles. The van der Waals surface area contributed by atoms with E-state index in [1.165, 1.54) is 4.88 Å². The SMILES string of the molecule is CCC(Br)C(=O)Oc1ccc(-c2cccs2)cc1. The molecule has 0 aliphatic rings. The van der Waals surface area contributed by atoms with Crippen LogP contribution in [-0.2, 0) is 4.79 Å². The van der Waals surface area contributed by atoms with Crippen molar-refractivity contribution < 1.29 is 9.53 Å². The summed E-state index contributed by atoms with van der Waals surface area (Å²) in [6.07, 6.45) is 0.714. The number of carbonyl (C=O) groups is 1. The summed E-state index contributed by atoms with van der Waals surface area (Å²) in [5.41, 5.74) is 1.13. The molecular formula is C14H13BrO2S. The van der Waals surface area contributed by atoms with Gasteiger partial charge in [-0.2, -0.15) is 0 Å². The third-order valence-corrected chi connectivity index (χ3v) is 4.43. The zero-order valence-electron chi connectivity index (χ0n) is 9.93. The Bertz CT molecular complexity index is 505. The summed E-state index contributed by atoms with van der Waals surface area (Å²) in [6, 6.07) is 11.7. The summed E-state index contributed by atoms with van der Waals surface area (Å²) in [5.74, 6) is 0.333. The van der Waals surface area contributed by atoms with Crippen molar-refractivity contribution in [3.63, 3.8) is 0 Å². The number of esters is 1. The molecule has 1 atom stereocenters. The van der Waals surface area contributed by atoms with E-state index in [0.717, 1.165) is 5.56 Å². The zero-order valence-corrected chi connectivity index (χ0v) is 12.3. The molecule has 0 spiro atoms. The van der Waals surface area contributed by atoms with Gasteiger partial charge in [0.25, 0.3) is 0 Å². The van der Waals surface area contributed by atoms with Crippen molar-refractivity contribution in [3.05, 3.63) is 41.8 Å². The van der Waals surface area contributed by atoms with E-state index >= 15 is 0 Å². The quantitative estimate of drug-likeness (QED) is 0.470. The maximum Gasteiger partial charge on any atom is 0.325 e. The Kier molecular flexibility index (Phi) is 4.55. The first-order valence-electron chi connectivity index (χ1n) is 5.70. The van der Waals surface area contributed by atoms with Gasteiger partial charge in [-0.3, -0.25) is 4.79 Å². The second-order valence-electron chi connectivity index (χ2n) is 3.80. The fourth-order valence-corrected chi connectivity index (χ4v) is 2.30. The molecule has 0 fully saturated rings. The molecule has 2 rings (SSSR count). The van der Waals surface area contributed by atoms with Gasteiger partial charge < -0.3 is 4.74 Å². The molecule has 1 unspecified atom stereocenters. The number of ether oxygens (including phenoxy) is 1. The van der Waals surface area contributed by atoms with Crippen LogP contribution in [0.2, 0.25) is 0 Å². The van der Waals surface area contributed by atoms with E-state index in [4.69, 9.17) is 4.74 Å². The normalized spacial score (nSPS) is 12.1.